The molecular weight excluding hydrogens is 380 g/mol. The summed E-state index contributed by atoms with van der Waals surface area (Å²) >= 11 is 2.79. The number of nitriles is 2. The van der Waals surface area contributed by atoms with Gasteiger partial charge in [0.1, 0.15) is 10.8 Å². The van der Waals surface area contributed by atoms with E-state index >= 15 is 0 Å². The monoisotopic (exact) mass is 424 g/mol. The van der Waals surface area contributed by atoms with E-state index in [0.29, 0.717) is 0 Å². The maximum absolute atomic E-state index is 8.45. The Hall–Kier alpha value is -0.320. The van der Waals surface area contributed by atoms with Crippen LogP contribution in [0.4, 0.5) is 0 Å². The SMILES string of the molecule is N#CSCCCCCCCCCCCCCCCCCCCCCCSC#N. The van der Waals surface area contributed by atoms with Crippen molar-refractivity contribution in [1.29, 1.82) is 10.5 Å². The number of thiocyanates is 2. The zero-order valence-electron chi connectivity index (χ0n) is 18.3. The molecule has 28 heavy (non-hydrogen) atoms. The second-order valence-electron chi connectivity index (χ2n) is 7.95. The van der Waals surface area contributed by atoms with Gasteiger partial charge in [0.05, 0.1) is 0 Å². The molecule has 0 bridgehead atoms. The molecule has 0 atom stereocenters. The van der Waals surface area contributed by atoms with Crippen molar-refractivity contribution in [3.63, 3.8) is 0 Å². The van der Waals surface area contributed by atoms with Gasteiger partial charge in [0, 0.05) is 11.5 Å². The van der Waals surface area contributed by atoms with Gasteiger partial charge >= 0.3 is 0 Å². The number of rotatable bonds is 23. The Labute approximate surface area is 184 Å². The van der Waals surface area contributed by atoms with E-state index in [0.717, 1.165) is 11.5 Å². The van der Waals surface area contributed by atoms with Crippen LogP contribution in [0, 0.1) is 21.3 Å². The topological polar surface area (TPSA) is 47.6 Å². The smallest absolute Gasteiger partial charge is 0.133 e. The quantitative estimate of drug-likeness (QED) is 0.121. The van der Waals surface area contributed by atoms with Crippen LogP contribution in [-0.4, -0.2) is 11.5 Å². The average Bonchev–Trinajstić information content (AvgIpc) is 2.71. The van der Waals surface area contributed by atoms with Crippen molar-refractivity contribution in [2.24, 2.45) is 0 Å². The van der Waals surface area contributed by atoms with Gasteiger partial charge in [-0.2, -0.15) is 10.5 Å². The van der Waals surface area contributed by atoms with Crippen molar-refractivity contribution in [2.45, 2.75) is 128 Å². The molecule has 0 N–H and O–H groups in total. The van der Waals surface area contributed by atoms with Crippen LogP contribution >= 0.6 is 23.5 Å². The lowest BCUT2D eigenvalue weighted by atomic mass is 10.0. The maximum Gasteiger partial charge on any atom is 0.133 e. The van der Waals surface area contributed by atoms with Gasteiger partial charge in [0.2, 0.25) is 0 Å². The summed E-state index contributed by atoms with van der Waals surface area (Å²) < 4.78 is 0. The summed E-state index contributed by atoms with van der Waals surface area (Å²) in [6.45, 7) is 0. The molecular formula is C24H44N2S2. The number of hydrogen-bond acceptors (Lipinski definition) is 4. The van der Waals surface area contributed by atoms with Gasteiger partial charge in [-0.05, 0) is 36.4 Å². The Morgan fingerprint density at radius 1 is 0.321 bits per heavy atom. The third-order valence-electron chi connectivity index (χ3n) is 5.37. The van der Waals surface area contributed by atoms with Crippen LogP contribution in [0.25, 0.3) is 0 Å². The molecule has 0 amide bonds. The minimum atomic E-state index is 1.01. The summed E-state index contributed by atoms with van der Waals surface area (Å²) in [6, 6.07) is 0. The van der Waals surface area contributed by atoms with E-state index in [2.05, 4.69) is 10.8 Å². The number of hydrogen-bond donors (Lipinski definition) is 0. The second kappa shape index (κ2) is 26.7. The molecule has 0 aliphatic carbocycles. The third kappa shape index (κ3) is 25.7. The fourth-order valence-electron chi connectivity index (χ4n) is 3.62. The Morgan fingerprint density at radius 2 is 0.500 bits per heavy atom. The van der Waals surface area contributed by atoms with Crippen LogP contribution in [0.5, 0.6) is 0 Å². The molecule has 0 aromatic rings. The van der Waals surface area contributed by atoms with Crippen LogP contribution in [0.15, 0.2) is 0 Å². The molecule has 0 aromatic carbocycles. The molecule has 0 aromatic heterocycles. The van der Waals surface area contributed by atoms with Crippen molar-refractivity contribution in [3.05, 3.63) is 0 Å². The Kier molecular flexibility index (Phi) is 26.4. The summed E-state index contributed by atoms with van der Waals surface area (Å²) in [5.74, 6) is 2.03. The molecule has 4 heteroatoms. The zero-order chi connectivity index (χ0) is 20.4. The molecule has 162 valence electrons. The maximum atomic E-state index is 8.45. The van der Waals surface area contributed by atoms with Gasteiger partial charge in [0.15, 0.2) is 0 Å². The predicted molar refractivity (Wildman–Crippen MR) is 128 cm³/mol. The molecule has 0 aliphatic rings. The Balaban J connectivity index is 2.98. The summed E-state index contributed by atoms with van der Waals surface area (Å²) in [5, 5.41) is 21.2. The summed E-state index contributed by atoms with van der Waals surface area (Å²) in [5.41, 5.74) is 0. The van der Waals surface area contributed by atoms with Crippen molar-refractivity contribution < 1.29 is 0 Å². The highest BCUT2D eigenvalue weighted by molar-refractivity contribution is 8.03. The fourth-order valence-corrected chi connectivity index (χ4v) is 4.50. The van der Waals surface area contributed by atoms with Crippen molar-refractivity contribution in [1.82, 2.24) is 0 Å². The molecule has 0 unspecified atom stereocenters. The van der Waals surface area contributed by atoms with Gasteiger partial charge in [-0.3, -0.25) is 0 Å². The van der Waals surface area contributed by atoms with E-state index in [1.165, 1.54) is 152 Å². The molecule has 0 heterocycles. The first kappa shape index (κ1) is 27.7. The number of nitrogens with zero attached hydrogens (tertiary/aromatic N) is 2. The minimum absolute atomic E-state index is 1.01. The summed E-state index contributed by atoms with van der Waals surface area (Å²) in [7, 11) is 0. The Morgan fingerprint density at radius 3 is 0.679 bits per heavy atom. The third-order valence-corrected chi connectivity index (χ3v) is 6.62. The van der Waals surface area contributed by atoms with E-state index in [1.54, 1.807) is 0 Å². The molecule has 2 nitrogen and oxygen atoms in total. The summed E-state index contributed by atoms with van der Waals surface area (Å²) in [6.07, 6.45) is 27.7. The highest BCUT2D eigenvalue weighted by Crippen LogP contribution is 2.15. The van der Waals surface area contributed by atoms with Gasteiger partial charge in [-0.25, -0.2) is 0 Å². The van der Waals surface area contributed by atoms with Crippen LogP contribution in [0.3, 0.4) is 0 Å². The molecule has 0 rings (SSSR count). The van der Waals surface area contributed by atoms with E-state index in [1.807, 2.05) is 0 Å². The first-order valence-electron chi connectivity index (χ1n) is 11.9. The lowest BCUT2D eigenvalue weighted by Crippen LogP contribution is -1.85. The number of thioether (sulfide) groups is 2. The van der Waals surface area contributed by atoms with Crippen molar-refractivity contribution in [2.75, 3.05) is 11.5 Å². The van der Waals surface area contributed by atoms with Crippen molar-refractivity contribution in [3.8, 4) is 10.8 Å². The van der Waals surface area contributed by atoms with Gasteiger partial charge in [0.25, 0.3) is 0 Å². The first-order valence-corrected chi connectivity index (χ1v) is 13.9. The van der Waals surface area contributed by atoms with Gasteiger partial charge < -0.3 is 0 Å². The highest BCUT2D eigenvalue weighted by atomic mass is 32.2. The standard InChI is InChI=1S/C24H44N2S2/c25-23-27-21-19-17-15-13-11-9-7-5-3-1-2-4-6-8-10-12-14-16-18-20-22-28-24-26/h1-22H2. The van der Waals surface area contributed by atoms with Crippen LogP contribution in [0.1, 0.15) is 128 Å². The fraction of sp³-hybridized carbons (Fsp3) is 0.917. The van der Waals surface area contributed by atoms with Gasteiger partial charge in [-0.15, -0.1) is 0 Å². The lowest BCUT2D eigenvalue weighted by molar-refractivity contribution is 0.523. The molecule has 0 spiro atoms. The molecule has 0 fully saturated rings. The average molecular weight is 425 g/mol. The minimum Gasteiger partial charge on any atom is -0.185 e. The zero-order valence-corrected chi connectivity index (χ0v) is 19.9. The predicted octanol–water partition coefficient (Wildman–Crippen LogP) is 9.22. The van der Waals surface area contributed by atoms with E-state index in [-0.39, 0.29) is 0 Å². The second-order valence-corrected chi connectivity index (χ2v) is 9.71. The molecule has 0 saturated carbocycles. The molecule has 0 saturated heterocycles. The highest BCUT2D eigenvalue weighted by Gasteiger charge is 1.96. The first-order chi connectivity index (χ1) is 13.9. The van der Waals surface area contributed by atoms with E-state index < -0.39 is 0 Å². The van der Waals surface area contributed by atoms with Crippen molar-refractivity contribution >= 4 is 23.5 Å². The van der Waals surface area contributed by atoms with Crippen LogP contribution in [-0.2, 0) is 0 Å². The largest absolute Gasteiger partial charge is 0.185 e. The van der Waals surface area contributed by atoms with E-state index in [9.17, 15) is 0 Å². The van der Waals surface area contributed by atoms with Crippen LogP contribution < -0.4 is 0 Å². The molecule has 0 radical (unpaired) electrons. The summed E-state index contributed by atoms with van der Waals surface area (Å²) in [4.78, 5) is 0. The Bertz CT molecular complexity index is 338. The van der Waals surface area contributed by atoms with Crippen LogP contribution in [0.2, 0.25) is 0 Å². The normalized spacial score (nSPS) is 10.6. The lowest BCUT2D eigenvalue weighted by Gasteiger charge is -2.04. The molecule has 0 aliphatic heterocycles. The van der Waals surface area contributed by atoms with Gasteiger partial charge in [-0.1, -0.05) is 116 Å². The number of unbranched alkanes of at least 4 members (excludes halogenated alkanes) is 19. The van der Waals surface area contributed by atoms with E-state index in [4.69, 9.17) is 10.5 Å².